The van der Waals surface area contributed by atoms with Gasteiger partial charge < -0.3 is 15.6 Å². The molecule has 0 fully saturated rings. The van der Waals surface area contributed by atoms with Crippen LogP contribution in [0, 0.1) is 12.3 Å². The summed E-state index contributed by atoms with van der Waals surface area (Å²) in [5, 5.41) is 3.67. The molecule has 1 spiro atoms. The second-order valence-electron chi connectivity index (χ2n) is 10.7. The number of nitrogen functional groups attached to an aromatic ring is 1. The summed E-state index contributed by atoms with van der Waals surface area (Å²) in [5.74, 6) is 0.364. The standard InChI is InChI=1S/C31H30N6O2/c1-17(2)30(39)36-22-9-7-20(8-10-22)26-23(24-28(32)33-16-34-29(24)37(26)4)19-11-13-31(14-12-19)15-21-6-5-18(3)35-25(21)27(31)38/h5-11,16H,1,12-15H2,2-4H3,(H,36,39)(H2,32,33,34)/t31-/m0/s1. The maximum Gasteiger partial charge on any atom is 0.250 e. The molecule has 0 unspecified atom stereocenters. The number of hydrogen-bond acceptors (Lipinski definition) is 6. The van der Waals surface area contributed by atoms with Gasteiger partial charge in [-0.2, -0.15) is 0 Å². The summed E-state index contributed by atoms with van der Waals surface area (Å²) in [6.45, 7) is 7.30. The Balaban J connectivity index is 1.42. The van der Waals surface area contributed by atoms with Crippen LogP contribution in [0.4, 0.5) is 11.5 Å². The van der Waals surface area contributed by atoms with Gasteiger partial charge in [-0.3, -0.25) is 9.59 Å². The monoisotopic (exact) mass is 518 g/mol. The van der Waals surface area contributed by atoms with Gasteiger partial charge in [-0.15, -0.1) is 0 Å². The van der Waals surface area contributed by atoms with Gasteiger partial charge in [0, 0.05) is 35.0 Å². The van der Waals surface area contributed by atoms with E-state index in [0.29, 0.717) is 29.2 Å². The average Bonchev–Trinajstić information content (AvgIpc) is 3.37. The van der Waals surface area contributed by atoms with Gasteiger partial charge in [0.15, 0.2) is 5.78 Å². The lowest BCUT2D eigenvalue weighted by Crippen LogP contribution is -2.30. The van der Waals surface area contributed by atoms with Gasteiger partial charge in [0.25, 0.3) is 5.91 Å². The normalized spacial score (nSPS) is 18.3. The molecule has 3 aromatic heterocycles. The van der Waals surface area contributed by atoms with Crippen LogP contribution in [-0.4, -0.2) is 31.2 Å². The third kappa shape index (κ3) is 3.94. The van der Waals surface area contributed by atoms with Crippen molar-refractivity contribution in [3.63, 3.8) is 0 Å². The van der Waals surface area contributed by atoms with Crippen LogP contribution in [0.3, 0.4) is 0 Å². The van der Waals surface area contributed by atoms with E-state index in [1.165, 1.54) is 6.33 Å². The number of nitrogens with zero attached hydrogens (tertiary/aromatic N) is 4. The topological polar surface area (TPSA) is 116 Å². The second-order valence-corrected chi connectivity index (χ2v) is 10.7. The first kappa shape index (κ1) is 24.7. The van der Waals surface area contributed by atoms with E-state index >= 15 is 0 Å². The maximum absolute atomic E-state index is 13.5. The van der Waals surface area contributed by atoms with E-state index < -0.39 is 5.41 Å². The van der Waals surface area contributed by atoms with Crippen molar-refractivity contribution >= 4 is 39.8 Å². The minimum absolute atomic E-state index is 0.157. The predicted octanol–water partition coefficient (Wildman–Crippen LogP) is 5.43. The molecule has 39 heavy (non-hydrogen) atoms. The highest BCUT2D eigenvalue weighted by molar-refractivity contribution is 6.07. The third-order valence-corrected chi connectivity index (χ3v) is 8.08. The van der Waals surface area contributed by atoms with Crippen molar-refractivity contribution in [1.29, 1.82) is 0 Å². The van der Waals surface area contributed by atoms with Crippen molar-refractivity contribution in [2.75, 3.05) is 11.1 Å². The molecule has 3 N–H and O–H groups in total. The number of nitrogens with two attached hydrogens (primary N) is 1. The molecule has 6 rings (SSSR count). The number of pyridine rings is 1. The van der Waals surface area contributed by atoms with Crippen molar-refractivity contribution in [3.05, 3.63) is 83.5 Å². The minimum Gasteiger partial charge on any atom is -0.383 e. The van der Waals surface area contributed by atoms with Crippen LogP contribution in [0.2, 0.25) is 0 Å². The van der Waals surface area contributed by atoms with E-state index in [9.17, 15) is 9.59 Å². The number of rotatable bonds is 4. The summed E-state index contributed by atoms with van der Waals surface area (Å²) >= 11 is 0. The summed E-state index contributed by atoms with van der Waals surface area (Å²) < 4.78 is 2.04. The highest BCUT2D eigenvalue weighted by Crippen LogP contribution is 2.50. The Labute approximate surface area is 226 Å². The van der Waals surface area contributed by atoms with E-state index in [2.05, 4.69) is 32.9 Å². The number of ketones is 1. The number of benzene rings is 1. The number of Topliss-reactive ketones (excluding diaryl/α,β-unsaturated/α-hetero) is 1. The van der Waals surface area contributed by atoms with Crippen molar-refractivity contribution in [2.45, 2.75) is 39.5 Å². The molecule has 4 aromatic rings. The molecule has 0 radical (unpaired) electrons. The molecular weight excluding hydrogens is 488 g/mol. The highest BCUT2D eigenvalue weighted by atomic mass is 16.1. The van der Waals surface area contributed by atoms with E-state index in [1.54, 1.807) is 6.92 Å². The van der Waals surface area contributed by atoms with Gasteiger partial charge in [0.1, 0.15) is 23.5 Å². The smallest absolute Gasteiger partial charge is 0.250 e. The molecule has 1 amide bonds. The zero-order valence-electron chi connectivity index (χ0n) is 22.3. The van der Waals surface area contributed by atoms with Gasteiger partial charge in [-0.05, 0) is 74.4 Å². The number of carbonyl (C=O) groups excluding carboxylic acids is 2. The van der Waals surface area contributed by atoms with Crippen LogP contribution < -0.4 is 11.1 Å². The fraction of sp³-hybridized carbons (Fsp3) is 0.258. The number of aromatic nitrogens is 4. The van der Waals surface area contributed by atoms with E-state index in [0.717, 1.165) is 63.9 Å². The molecule has 1 atom stereocenters. The van der Waals surface area contributed by atoms with Gasteiger partial charge >= 0.3 is 0 Å². The lowest BCUT2D eigenvalue weighted by Gasteiger charge is -2.31. The van der Waals surface area contributed by atoms with E-state index in [4.69, 9.17) is 5.73 Å². The van der Waals surface area contributed by atoms with E-state index in [-0.39, 0.29) is 11.7 Å². The average molecular weight is 519 g/mol. The van der Waals surface area contributed by atoms with Crippen molar-refractivity contribution < 1.29 is 9.59 Å². The van der Waals surface area contributed by atoms with Crippen LogP contribution in [0.25, 0.3) is 27.9 Å². The van der Waals surface area contributed by atoms with Gasteiger partial charge in [-0.25, -0.2) is 15.0 Å². The predicted molar refractivity (Wildman–Crippen MR) is 153 cm³/mol. The van der Waals surface area contributed by atoms with Gasteiger partial charge in [0.05, 0.1) is 11.1 Å². The highest BCUT2D eigenvalue weighted by Gasteiger charge is 2.47. The van der Waals surface area contributed by atoms with Crippen LogP contribution in [0.5, 0.6) is 0 Å². The second kappa shape index (κ2) is 9.01. The number of anilines is 2. The molecule has 1 aromatic carbocycles. The SMILES string of the molecule is C=C(C)C(=O)Nc1ccc(-c2c(C3=CC[C@]4(CC3)Cc3ccc(C)nc3C4=O)c3c(N)ncnc3n2C)cc1. The number of aryl methyl sites for hydroxylation is 2. The molecule has 0 bridgehead atoms. The molecule has 0 aliphatic heterocycles. The Morgan fingerprint density at radius 2 is 1.92 bits per heavy atom. The fourth-order valence-corrected chi connectivity index (χ4v) is 5.99. The molecule has 8 nitrogen and oxygen atoms in total. The van der Waals surface area contributed by atoms with Crippen molar-refractivity contribution in [3.8, 4) is 11.3 Å². The first-order valence-electron chi connectivity index (χ1n) is 13.1. The number of fused-ring (bicyclic) bond motifs is 2. The van der Waals surface area contributed by atoms with Gasteiger partial charge in [0.2, 0.25) is 0 Å². The Morgan fingerprint density at radius 1 is 1.15 bits per heavy atom. The Kier molecular flexibility index (Phi) is 5.71. The quantitative estimate of drug-likeness (QED) is 0.348. The van der Waals surface area contributed by atoms with Gasteiger partial charge in [-0.1, -0.05) is 30.9 Å². The molecule has 2 aliphatic rings. The summed E-state index contributed by atoms with van der Waals surface area (Å²) in [4.78, 5) is 39.0. The maximum atomic E-state index is 13.5. The minimum atomic E-state index is -0.442. The Bertz CT molecular complexity index is 1730. The number of amides is 1. The molecule has 8 heteroatoms. The third-order valence-electron chi connectivity index (χ3n) is 8.08. The van der Waals surface area contributed by atoms with E-state index in [1.807, 2.05) is 54.9 Å². The van der Waals surface area contributed by atoms with Crippen molar-refractivity contribution in [2.24, 2.45) is 12.5 Å². The van der Waals surface area contributed by atoms with Crippen LogP contribution >= 0.6 is 0 Å². The zero-order valence-corrected chi connectivity index (χ0v) is 22.3. The summed E-state index contributed by atoms with van der Waals surface area (Å²) in [5.41, 5.74) is 14.5. The molecule has 2 aliphatic carbocycles. The largest absolute Gasteiger partial charge is 0.383 e. The lowest BCUT2D eigenvalue weighted by molar-refractivity contribution is -0.112. The first-order valence-corrected chi connectivity index (χ1v) is 13.1. The first-order chi connectivity index (χ1) is 18.7. The number of hydrogen-bond donors (Lipinski definition) is 2. The molecule has 3 heterocycles. The molecular formula is C31H30N6O2. The van der Waals surface area contributed by atoms with Crippen LogP contribution in [0.15, 0.2) is 61.0 Å². The number of allylic oxidation sites excluding steroid dienone is 2. The fourth-order valence-electron chi connectivity index (χ4n) is 5.99. The van der Waals surface area contributed by atoms with Crippen LogP contribution in [0.1, 0.15) is 53.5 Å². The summed E-state index contributed by atoms with van der Waals surface area (Å²) in [6, 6.07) is 11.7. The van der Waals surface area contributed by atoms with Crippen molar-refractivity contribution in [1.82, 2.24) is 19.5 Å². The summed E-state index contributed by atoms with van der Waals surface area (Å²) in [6.07, 6.45) is 6.52. The number of carbonyl (C=O) groups is 2. The number of nitrogens with one attached hydrogen (secondary N) is 1. The Morgan fingerprint density at radius 3 is 2.62 bits per heavy atom. The lowest BCUT2D eigenvalue weighted by atomic mass is 9.71. The summed E-state index contributed by atoms with van der Waals surface area (Å²) in [7, 11) is 1.97. The molecule has 0 saturated carbocycles. The molecule has 0 saturated heterocycles. The Hall–Kier alpha value is -4.59. The molecule has 196 valence electrons. The van der Waals surface area contributed by atoms with Crippen LogP contribution in [-0.2, 0) is 18.3 Å². The zero-order chi connectivity index (χ0) is 27.5.